The molecule has 0 aliphatic heterocycles. The van der Waals surface area contributed by atoms with Crippen LogP contribution in [0.1, 0.15) is 25.3 Å². The van der Waals surface area contributed by atoms with Crippen molar-refractivity contribution in [3.63, 3.8) is 0 Å². The summed E-state index contributed by atoms with van der Waals surface area (Å²) in [7, 11) is 1.60. The molecule has 1 aliphatic rings. The Morgan fingerprint density at radius 2 is 2.06 bits per heavy atom. The normalized spacial score (nSPS) is 17.4. The van der Waals surface area contributed by atoms with Crippen LogP contribution in [0.3, 0.4) is 0 Å². The number of carbonyl (C=O) groups is 1. The summed E-state index contributed by atoms with van der Waals surface area (Å²) in [5.41, 5.74) is 8.95. The molecule has 0 heterocycles. The molecule has 1 saturated carbocycles. The summed E-state index contributed by atoms with van der Waals surface area (Å²) in [6.07, 6.45) is 3.34. The zero-order valence-corrected chi connectivity index (χ0v) is 10.6. The maximum Gasteiger partial charge on any atom is 0.275 e. The van der Waals surface area contributed by atoms with E-state index >= 15 is 0 Å². The van der Waals surface area contributed by atoms with Gasteiger partial charge in [0.1, 0.15) is 11.2 Å². The van der Waals surface area contributed by atoms with E-state index in [2.05, 4.69) is 4.79 Å². The van der Waals surface area contributed by atoms with Crippen LogP contribution in [0.4, 0.5) is 0 Å². The molecule has 1 aromatic rings. The number of benzene rings is 1. The Morgan fingerprint density at radius 1 is 1.44 bits per heavy atom. The van der Waals surface area contributed by atoms with E-state index in [1.54, 1.807) is 14.0 Å². The van der Waals surface area contributed by atoms with Crippen LogP contribution in [0.25, 0.3) is 5.53 Å². The second kappa shape index (κ2) is 4.75. The lowest BCUT2D eigenvalue weighted by Gasteiger charge is -2.23. The zero-order chi connectivity index (χ0) is 13.2. The molecule has 1 aromatic carbocycles. The molecule has 0 spiro atoms. The van der Waals surface area contributed by atoms with Gasteiger partial charge in [0, 0.05) is 0 Å². The molecule has 18 heavy (non-hydrogen) atoms. The van der Waals surface area contributed by atoms with Crippen molar-refractivity contribution in [2.75, 3.05) is 7.11 Å². The number of hydrogen-bond donors (Lipinski definition) is 0. The Morgan fingerprint density at radius 3 is 2.44 bits per heavy atom. The van der Waals surface area contributed by atoms with E-state index in [4.69, 9.17) is 10.3 Å². The van der Waals surface area contributed by atoms with E-state index < -0.39 is 5.41 Å². The molecule has 0 radical (unpaired) electrons. The number of hydrogen-bond acceptors (Lipinski definition) is 2. The Kier molecular flexibility index (Phi) is 3.30. The monoisotopic (exact) mass is 244 g/mol. The van der Waals surface area contributed by atoms with Gasteiger partial charge in [-0.25, -0.2) is 0 Å². The molecule has 94 valence electrons. The van der Waals surface area contributed by atoms with Crippen LogP contribution in [0, 0.1) is 5.92 Å². The molecule has 1 fully saturated rings. The van der Waals surface area contributed by atoms with Crippen LogP contribution in [-0.4, -0.2) is 23.9 Å². The van der Waals surface area contributed by atoms with Gasteiger partial charge in [0.25, 0.3) is 6.21 Å². The largest absolute Gasteiger partial charge is 0.497 e. The van der Waals surface area contributed by atoms with E-state index in [-0.39, 0.29) is 11.7 Å². The molecule has 0 amide bonds. The summed E-state index contributed by atoms with van der Waals surface area (Å²) < 4.78 is 5.11. The third-order valence-electron chi connectivity index (χ3n) is 3.63. The first kappa shape index (κ1) is 12.5. The van der Waals surface area contributed by atoms with E-state index in [0.29, 0.717) is 0 Å². The number of ketones is 1. The highest BCUT2D eigenvalue weighted by Gasteiger charge is 2.52. The number of Topliss-reactive ketones (excluding diaryl/α,β-unsaturated/α-hetero) is 1. The fourth-order valence-corrected chi connectivity index (χ4v) is 2.49. The molecular formula is C14H16N2O2. The first-order valence-electron chi connectivity index (χ1n) is 5.99. The van der Waals surface area contributed by atoms with E-state index in [1.165, 1.54) is 6.21 Å². The molecule has 1 unspecified atom stereocenters. The summed E-state index contributed by atoms with van der Waals surface area (Å²) in [5.74, 6) is 0.986. The average molecular weight is 244 g/mol. The van der Waals surface area contributed by atoms with Crippen molar-refractivity contribution in [1.29, 1.82) is 0 Å². The Bertz CT molecular complexity index is 495. The van der Waals surface area contributed by atoms with E-state index in [1.807, 2.05) is 24.3 Å². The quantitative estimate of drug-likeness (QED) is 0.453. The molecule has 4 heteroatoms. The molecule has 2 rings (SSSR count). The summed E-state index contributed by atoms with van der Waals surface area (Å²) in [4.78, 5) is 15.2. The van der Waals surface area contributed by atoms with Gasteiger partial charge in [0.05, 0.1) is 7.11 Å². The molecule has 0 N–H and O–H groups in total. The highest BCUT2D eigenvalue weighted by Crippen LogP contribution is 2.47. The lowest BCUT2D eigenvalue weighted by atomic mass is 9.74. The third kappa shape index (κ3) is 1.95. The average Bonchev–Trinajstić information content (AvgIpc) is 3.20. The van der Waals surface area contributed by atoms with Crippen molar-refractivity contribution in [3.05, 3.63) is 35.4 Å². The van der Waals surface area contributed by atoms with Gasteiger partial charge in [-0.2, -0.15) is 4.79 Å². The smallest absolute Gasteiger partial charge is 0.275 e. The van der Waals surface area contributed by atoms with Gasteiger partial charge in [-0.05, 0) is 43.4 Å². The van der Waals surface area contributed by atoms with Crippen molar-refractivity contribution in [3.8, 4) is 5.75 Å². The van der Waals surface area contributed by atoms with Gasteiger partial charge in [-0.1, -0.05) is 12.1 Å². The second-order valence-corrected chi connectivity index (χ2v) is 4.67. The van der Waals surface area contributed by atoms with Gasteiger partial charge >= 0.3 is 0 Å². The number of rotatable bonds is 5. The van der Waals surface area contributed by atoms with Gasteiger partial charge in [-0.3, -0.25) is 4.79 Å². The molecular weight excluding hydrogens is 228 g/mol. The predicted octanol–water partition coefficient (Wildman–Crippen LogP) is 2.23. The molecule has 1 atom stereocenters. The van der Waals surface area contributed by atoms with Gasteiger partial charge < -0.3 is 10.3 Å². The van der Waals surface area contributed by atoms with Gasteiger partial charge in [0.2, 0.25) is 0 Å². The summed E-state index contributed by atoms with van der Waals surface area (Å²) in [5, 5.41) is 0. The first-order valence-corrected chi connectivity index (χ1v) is 5.99. The van der Waals surface area contributed by atoms with Crippen LogP contribution in [0.5, 0.6) is 5.75 Å². The SMILES string of the molecule is COc1ccc(C(C=[N+]=[N-])(C(C)=O)C2CC2)cc1. The number of ether oxygens (including phenoxy) is 1. The molecule has 0 saturated heterocycles. The summed E-state index contributed by atoms with van der Waals surface area (Å²) in [6, 6.07) is 7.36. The lowest BCUT2D eigenvalue weighted by molar-refractivity contribution is -0.121. The first-order chi connectivity index (χ1) is 8.65. The van der Waals surface area contributed by atoms with Crippen LogP contribution < -0.4 is 4.74 Å². The standard InChI is InChI=1S/C14H16N2O2/c1-10(17)14(9-16-15,11-3-4-11)12-5-7-13(18-2)8-6-12/h5-9,11H,3-4H2,1-2H3. The van der Waals surface area contributed by atoms with Gasteiger partial charge in [-0.15, -0.1) is 0 Å². The van der Waals surface area contributed by atoms with E-state index in [0.717, 1.165) is 24.2 Å². The highest BCUT2D eigenvalue weighted by molar-refractivity contribution is 6.04. The van der Waals surface area contributed by atoms with Crippen LogP contribution in [0.15, 0.2) is 24.3 Å². The predicted molar refractivity (Wildman–Crippen MR) is 67.8 cm³/mol. The molecule has 1 aliphatic carbocycles. The Hall–Kier alpha value is -1.93. The van der Waals surface area contributed by atoms with Crippen LogP contribution in [0.2, 0.25) is 0 Å². The van der Waals surface area contributed by atoms with Crippen molar-refractivity contribution in [2.24, 2.45) is 5.92 Å². The fraction of sp³-hybridized carbons (Fsp3) is 0.429. The number of nitrogens with zero attached hydrogens (tertiary/aromatic N) is 2. The van der Waals surface area contributed by atoms with Crippen molar-refractivity contribution >= 4 is 12.0 Å². The number of carbonyl (C=O) groups excluding carboxylic acids is 1. The maximum atomic E-state index is 12.1. The number of methoxy groups -OCH3 is 1. The van der Waals surface area contributed by atoms with Crippen LogP contribution in [-0.2, 0) is 10.2 Å². The Labute approximate surface area is 106 Å². The minimum Gasteiger partial charge on any atom is -0.497 e. The molecule has 0 bridgehead atoms. The molecule has 0 aromatic heterocycles. The highest BCUT2D eigenvalue weighted by atomic mass is 16.5. The fourth-order valence-electron chi connectivity index (χ4n) is 2.49. The van der Waals surface area contributed by atoms with Crippen molar-refractivity contribution in [2.45, 2.75) is 25.2 Å². The van der Waals surface area contributed by atoms with Crippen molar-refractivity contribution in [1.82, 2.24) is 0 Å². The minimum absolute atomic E-state index is 0.00738. The van der Waals surface area contributed by atoms with Gasteiger partial charge in [0.15, 0.2) is 5.78 Å². The Balaban J connectivity index is 2.50. The zero-order valence-electron chi connectivity index (χ0n) is 10.6. The summed E-state index contributed by atoms with van der Waals surface area (Å²) in [6.45, 7) is 1.55. The minimum atomic E-state index is -0.791. The molecule has 4 nitrogen and oxygen atoms in total. The second-order valence-electron chi connectivity index (χ2n) is 4.67. The maximum absolute atomic E-state index is 12.1. The lowest BCUT2D eigenvalue weighted by Crippen LogP contribution is -2.38. The summed E-state index contributed by atoms with van der Waals surface area (Å²) >= 11 is 0. The third-order valence-corrected chi connectivity index (χ3v) is 3.63. The topological polar surface area (TPSA) is 62.7 Å². The van der Waals surface area contributed by atoms with Crippen LogP contribution >= 0.6 is 0 Å². The van der Waals surface area contributed by atoms with E-state index in [9.17, 15) is 4.79 Å². The van der Waals surface area contributed by atoms with Crippen molar-refractivity contribution < 1.29 is 14.3 Å².